The Morgan fingerprint density at radius 3 is 2.43 bits per heavy atom. The molecule has 2 aromatic rings. The highest BCUT2D eigenvalue weighted by atomic mass is 79.9. The van der Waals surface area contributed by atoms with Crippen LogP contribution >= 0.6 is 27.5 Å². The Balaban J connectivity index is 1.39. The highest BCUT2D eigenvalue weighted by molar-refractivity contribution is 9.10. The van der Waals surface area contributed by atoms with Crippen molar-refractivity contribution < 1.29 is 19.1 Å². The molecule has 2 bridgehead atoms. The number of esters is 1. The van der Waals surface area contributed by atoms with Crippen LogP contribution in [0.5, 0.6) is 0 Å². The van der Waals surface area contributed by atoms with Crippen LogP contribution in [0.2, 0.25) is 5.02 Å². The van der Waals surface area contributed by atoms with Gasteiger partial charge in [-0.1, -0.05) is 41.9 Å². The molecule has 0 unspecified atom stereocenters. The van der Waals surface area contributed by atoms with Crippen LogP contribution in [0, 0.1) is 23.7 Å². The summed E-state index contributed by atoms with van der Waals surface area (Å²) in [7, 11) is 0. The summed E-state index contributed by atoms with van der Waals surface area (Å²) in [5.41, 5.74) is 1.14. The molecule has 7 heteroatoms. The molecule has 0 spiro atoms. The zero-order chi connectivity index (χ0) is 21.3. The van der Waals surface area contributed by atoms with Gasteiger partial charge in [0.25, 0.3) is 5.91 Å². The number of carbonyl (C=O) groups is 3. The molecule has 5 nitrogen and oxygen atoms in total. The molecule has 30 heavy (non-hydrogen) atoms. The number of carbonyl (C=O) groups excluding carboxylic acids is 3. The highest BCUT2D eigenvalue weighted by Crippen LogP contribution is 2.53. The second-order valence-electron chi connectivity index (χ2n) is 7.90. The fourth-order valence-corrected chi connectivity index (χ4v) is 5.23. The SMILES string of the molecule is O=C(COC(=O)[C@H]1[C@H]2CC[C@@H](C2)[C@H]1C(=O)c1ccccc1)Nc1ccc(Br)c(Cl)c1. The maximum Gasteiger partial charge on any atom is 0.310 e. The summed E-state index contributed by atoms with van der Waals surface area (Å²) in [5, 5.41) is 3.13. The minimum atomic E-state index is -0.480. The van der Waals surface area contributed by atoms with Gasteiger partial charge < -0.3 is 10.1 Å². The number of benzene rings is 2. The minimum Gasteiger partial charge on any atom is -0.455 e. The molecule has 2 aliphatic carbocycles. The summed E-state index contributed by atoms with van der Waals surface area (Å²) in [6.07, 6.45) is 2.75. The first kappa shape index (κ1) is 21.1. The maximum atomic E-state index is 13.1. The van der Waals surface area contributed by atoms with E-state index in [1.165, 1.54) is 0 Å². The van der Waals surface area contributed by atoms with E-state index < -0.39 is 24.4 Å². The van der Waals surface area contributed by atoms with Crippen LogP contribution in [0.25, 0.3) is 0 Å². The Labute approximate surface area is 188 Å². The molecule has 0 radical (unpaired) electrons. The fourth-order valence-electron chi connectivity index (χ4n) is 4.81. The Hall–Kier alpha value is -2.18. The predicted molar refractivity (Wildman–Crippen MR) is 117 cm³/mol. The van der Waals surface area contributed by atoms with Gasteiger partial charge in [0.1, 0.15) is 0 Å². The van der Waals surface area contributed by atoms with Crippen LogP contribution in [-0.2, 0) is 14.3 Å². The lowest BCUT2D eigenvalue weighted by Crippen LogP contribution is -2.37. The van der Waals surface area contributed by atoms with Gasteiger partial charge >= 0.3 is 5.97 Å². The molecule has 1 amide bonds. The van der Waals surface area contributed by atoms with E-state index in [0.29, 0.717) is 16.3 Å². The monoisotopic (exact) mass is 489 g/mol. The lowest BCUT2D eigenvalue weighted by Gasteiger charge is -2.28. The molecule has 2 aliphatic rings. The average Bonchev–Trinajstić information content (AvgIpc) is 3.36. The number of hydrogen-bond donors (Lipinski definition) is 1. The third-order valence-corrected chi connectivity index (χ3v) is 7.33. The fraction of sp³-hybridized carbons (Fsp3) is 0.348. The van der Waals surface area contributed by atoms with Gasteiger partial charge in [0.15, 0.2) is 12.4 Å². The van der Waals surface area contributed by atoms with Gasteiger partial charge in [-0.2, -0.15) is 0 Å². The third-order valence-electron chi connectivity index (χ3n) is 6.10. The lowest BCUT2D eigenvalue weighted by atomic mass is 9.75. The normalized spacial score (nSPS) is 24.5. The van der Waals surface area contributed by atoms with E-state index in [2.05, 4.69) is 21.2 Å². The maximum absolute atomic E-state index is 13.1. The van der Waals surface area contributed by atoms with E-state index in [-0.39, 0.29) is 23.5 Å². The molecule has 156 valence electrons. The van der Waals surface area contributed by atoms with Crippen LogP contribution < -0.4 is 5.32 Å². The smallest absolute Gasteiger partial charge is 0.310 e. The number of nitrogens with one attached hydrogen (secondary N) is 1. The molecule has 1 N–H and O–H groups in total. The quantitative estimate of drug-likeness (QED) is 0.450. The van der Waals surface area contributed by atoms with Crippen LogP contribution in [0.3, 0.4) is 0 Å². The van der Waals surface area contributed by atoms with Gasteiger partial charge in [-0.05, 0) is 65.2 Å². The van der Waals surface area contributed by atoms with E-state index >= 15 is 0 Å². The van der Waals surface area contributed by atoms with Crippen molar-refractivity contribution >= 4 is 50.9 Å². The lowest BCUT2D eigenvalue weighted by molar-refractivity contribution is -0.154. The van der Waals surface area contributed by atoms with Crippen molar-refractivity contribution in [2.45, 2.75) is 19.3 Å². The highest BCUT2D eigenvalue weighted by Gasteiger charge is 2.54. The third kappa shape index (κ3) is 4.30. The van der Waals surface area contributed by atoms with E-state index in [4.69, 9.17) is 16.3 Å². The van der Waals surface area contributed by atoms with E-state index in [1.807, 2.05) is 18.2 Å². The number of halogens is 2. The van der Waals surface area contributed by atoms with Crippen LogP contribution in [0.15, 0.2) is 53.0 Å². The van der Waals surface area contributed by atoms with E-state index in [0.717, 1.165) is 23.7 Å². The van der Waals surface area contributed by atoms with Gasteiger partial charge in [-0.25, -0.2) is 0 Å². The van der Waals surface area contributed by atoms with E-state index in [9.17, 15) is 14.4 Å². The molecular weight excluding hydrogens is 470 g/mol. The molecule has 2 saturated carbocycles. The number of ether oxygens (including phenoxy) is 1. The van der Waals surface area contributed by atoms with Gasteiger partial charge in [0, 0.05) is 21.6 Å². The Morgan fingerprint density at radius 2 is 1.73 bits per heavy atom. The van der Waals surface area contributed by atoms with Gasteiger partial charge in [0.05, 0.1) is 10.9 Å². The number of Topliss-reactive ketones (excluding diaryl/α,β-unsaturated/α-hetero) is 1. The molecule has 0 heterocycles. The summed E-state index contributed by atoms with van der Waals surface area (Å²) in [4.78, 5) is 38.2. The van der Waals surface area contributed by atoms with Crippen molar-refractivity contribution in [3.63, 3.8) is 0 Å². The molecule has 0 saturated heterocycles. The number of rotatable bonds is 6. The number of amides is 1. The van der Waals surface area contributed by atoms with Crippen molar-refractivity contribution in [3.05, 3.63) is 63.6 Å². The summed E-state index contributed by atoms with van der Waals surface area (Å²) < 4.78 is 6.06. The minimum absolute atomic E-state index is 0.00120. The summed E-state index contributed by atoms with van der Waals surface area (Å²) in [6, 6.07) is 14.1. The Bertz CT molecular complexity index is 980. The molecular formula is C23H21BrClNO4. The van der Waals surface area contributed by atoms with Crippen molar-refractivity contribution in [2.24, 2.45) is 23.7 Å². The summed E-state index contributed by atoms with van der Waals surface area (Å²) >= 11 is 9.32. The van der Waals surface area contributed by atoms with E-state index in [1.54, 1.807) is 30.3 Å². The topological polar surface area (TPSA) is 72.5 Å². The molecule has 0 aromatic heterocycles. The Morgan fingerprint density at radius 1 is 1.03 bits per heavy atom. The first-order valence-corrected chi connectivity index (χ1v) is 11.1. The van der Waals surface area contributed by atoms with Gasteiger partial charge in [-0.15, -0.1) is 0 Å². The predicted octanol–water partition coefficient (Wildman–Crippen LogP) is 5.13. The molecule has 2 fully saturated rings. The molecule has 4 rings (SSSR count). The average molecular weight is 491 g/mol. The zero-order valence-electron chi connectivity index (χ0n) is 16.1. The molecule has 0 aliphatic heterocycles. The van der Waals surface area contributed by atoms with Crippen molar-refractivity contribution in [2.75, 3.05) is 11.9 Å². The van der Waals surface area contributed by atoms with Crippen LogP contribution in [0.1, 0.15) is 29.6 Å². The van der Waals surface area contributed by atoms with Crippen molar-refractivity contribution in [1.82, 2.24) is 0 Å². The van der Waals surface area contributed by atoms with Crippen LogP contribution in [0.4, 0.5) is 5.69 Å². The second kappa shape index (κ2) is 8.90. The van der Waals surface area contributed by atoms with Crippen molar-refractivity contribution in [1.29, 1.82) is 0 Å². The first-order chi connectivity index (χ1) is 14.4. The summed E-state index contributed by atoms with van der Waals surface area (Å²) in [5.74, 6) is -1.40. The summed E-state index contributed by atoms with van der Waals surface area (Å²) in [6.45, 7) is -0.396. The van der Waals surface area contributed by atoms with Crippen LogP contribution in [-0.4, -0.2) is 24.3 Å². The second-order valence-corrected chi connectivity index (χ2v) is 9.16. The van der Waals surface area contributed by atoms with Gasteiger partial charge in [0.2, 0.25) is 0 Å². The number of ketones is 1. The first-order valence-electron chi connectivity index (χ1n) is 9.95. The number of anilines is 1. The zero-order valence-corrected chi connectivity index (χ0v) is 18.5. The van der Waals surface area contributed by atoms with Gasteiger partial charge in [-0.3, -0.25) is 14.4 Å². The molecule has 4 atom stereocenters. The largest absolute Gasteiger partial charge is 0.455 e. The Kier molecular flexibility index (Phi) is 6.25. The van der Waals surface area contributed by atoms with Crippen molar-refractivity contribution in [3.8, 4) is 0 Å². The standard InChI is InChI=1S/C23H21BrClNO4/c24-17-9-8-16(11-18(17)25)26-19(27)12-30-23(29)21-15-7-6-14(10-15)20(21)22(28)13-4-2-1-3-5-13/h1-5,8-9,11,14-15,20-21H,6-7,10,12H2,(H,26,27)/t14-,15-,20+,21-/m0/s1. The molecule has 2 aromatic carbocycles. The number of hydrogen-bond acceptors (Lipinski definition) is 4. The number of fused-ring (bicyclic) bond motifs is 2.